The van der Waals surface area contributed by atoms with E-state index in [2.05, 4.69) is 4.98 Å². The average molecular weight is 363 g/mol. The Bertz CT molecular complexity index is 984. The molecule has 0 aliphatic carbocycles. The Morgan fingerprint density at radius 3 is 2.96 bits per heavy atom. The number of fused-ring (bicyclic) bond motifs is 1. The molecule has 0 atom stereocenters. The maximum absolute atomic E-state index is 11.9. The summed E-state index contributed by atoms with van der Waals surface area (Å²) in [6.45, 7) is 0.0239. The van der Waals surface area contributed by atoms with Crippen LogP contribution in [0, 0.1) is 11.3 Å². The van der Waals surface area contributed by atoms with Crippen LogP contribution in [0.3, 0.4) is 0 Å². The molecule has 1 aromatic carbocycles. The molecule has 0 fully saturated rings. The summed E-state index contributed by atoms with van der Waals surface area (Å²) in [5.74, 6) is 0.465. The summed E-state index contributed by atoms with van der Waals surface area (Å²) in [6.07, 6.45) is 6.64. The highest BCUT2D eigenvalue weighted by molar-refractivity contribution is 5.87. The predicted molar refractivity (Wildman–Crippen MR) is 98.1 cm³/mol. The summed E-state index contributed by atoms with van der Waals surface area (Å²) in [6, 6.07) is 12.7. The van der Waals surface area contributed by atoms with Gasteiger partial charge in [-0.05, 0) is 35.9 Å². The lowest BCUT2D eigenvalue weighted by Gasteiger charge is -2.08. The molecule has 0 saturated carbocycles. The molecule has 0 saturated heterocycles. The van der Waals surface area contributed by atoms with E-state index in [1.54, 1.807) is 24.3 Å². The van der Waals surface area contributed by atoms with Crippen LogP contribution >= 0.6 is 0 Å². The number of carbonyl (C=O) groups is 1. The Morgan fingerprint density at radius 1 is 1.30 bits per heavy atom. The molecule has 2 aromatic heterocycles. The molecule has 0 spiro atoms. The van der Waals surface area contributed by atoms with E-state index < -0.39 is 5.97 Å². The van der Waals surface area contributed by atoms with Crippen LogP contribution in [-0.2, 0) is 16.1 Å². The van der Waals surface area contributed by atoms with Crippen molar-refractivity contribution in [3.63, 3.8) is 0 Å². The first-order chi connectivity index (χ1) is 13.2. The van der Waals surface area contributed by atoms with Crippen LogP contribution in [0.25, 0.3) is 11.7 Å². The Hall–Kier alpha value is -3.79. The van der Waals surface area contributed by atoms with Gasteiger partial charge in [-0.1, -0.05) is 12.1 Å². The molecule has 27 heavy (non-hydrogen) atoms. The molecular formula is C20H17N3O4. The van der Waals surface area contributed by atoms with Crippen molar-refractivity contribution in [1.29, 1.82) is 5.26 Å². The van der Waals surface area contributed by atoms with E-state index in [1.807, 2.05) is 41.1 Å². The number of nitrogens with zero attached hydrogens (tertiary/aromatic N) is 3. The van der Waals surface area contributed by atoms with Crippen molar-refractivity contribution in [3.05, 3.63) is 66.1 Å². The zero-order chi connectivity index (χ0) is 19.1. The Labute approximate surface area is 156 Å². The third-order valence-electron chi connectivity index (χ3n) is 3.67. The highest BCUT2D eigenvalue weighted by atomic mass is 16.5. The van der Waals surface area contributed by atoms with Gasteiger partial charge in [0, 0.05) is 18.5 Å². The van der Waals surface area contributed by atoms with Crippen molar-refractivity contribution in [2.45, 2.75) is 6.61 Å². The molecule has 7 nitrogen and oxygen atoms in total. The maximum atomic E-state index is 11.9. The summed E-state index contributed by atoms with van der Waals surface area (Å²) in [5, 5.41) is 8.58. The Kier molecular flexibility index (Phi) is 5.70. The van der Waals surface area contributed by atoms with Gasteiger partial charge in [0.25, 0.3) is 0 Å². The smallest absolute Gasteiger partial charge is 0.331 e. The van der Waals surface area contributed by atoms with Crippen LogP contribution in [0.2, 0.25) is 0 Å². The van der Waals surface area contributed by atoms with Gasteiger partial charge >= 0.3 is 5.97 Å². The minimum Gasteiger partial charge on any atom is -0.493 e. The van der Waals surface area contributed by atoms with Gasteiger partial charge in [0.1, 0.15) is 18.3 Å². The normalized spacial score (nSPS) is 10.7. The fourth-order valence-electron chi connectivity index (χ4n) is 2.43. The molecule has 3 aromatic rings. The number of carbonyl (C=O) groups excluding carboxylic acids is 1. The Morgan fingerprint density at radius 2 is 2.19 bits per heavy atom. The number of hydrogen-bond donors (Lipinski definition) is 0. The van der Waals surface area contributed by atoms with Crippen molar-refractivity contribution < 1.29 is 19.0 Å². The third kappa shape index (κ3) is 4.64. The van der Waals surface area contributed by atoms with E-state index in [1.165, 1.54) is 13.2 Å². The number of methoxy groups -OCH3 is 1. The number of rotatable bonds is 7. The molecule has 0 N–H and O–H groups in total. The van der Waals surface area contributed by atoms with Crippen LogP contribution in [0.5, 0.6) is 11.5 Å². The van der Waals surface area contributed by atoms with E-state index in [0.717, 1.165) is 11.2 Å². The summed E-state index contributed by atoms with van der Waals surface area (Å²) >= 11 is 0. The molecule has 2 heterocycles. The third-order valence-corrected chi connectivity index (χ3v) is 3.67. The molecular weight excluding hydrogens is 346 g/mol. The van der Waals surface area contributed by atoms with Crippen LogP contribution in [0.4, 0.5) is 0 Å². The summed E-state index contributed by atoms with van der Waals surface area (Å²) < 4.78 is 17.6. The minimum absolute atomic E-state index is 0.0685. The second-order valence-corrected chi connectivity index (χ2v) is 5.50. The van der Waals surface area contributed by atoms with Crippen LogP contribution in [0.1, 0.15) is 11.3 Å². The van der Waals surface area contributed by atoms with Gasteiger partial charge in [0.15, 0.2) is 18.1 Å². The number of nitriles is 1. The van der Waals surface area contributed by atoms with Gasteiger partial charge in [-0.15, -0.1) is 0 Å². The van der Waals surface area contributed by atoms with Crippen molar-refractivity contribution in [2.24, 2.45) is 0 Å². The molecule has 0 aliphatic heterocycles. The van der Waals surface area contributed by atoms with Gasteiger partial charge in [-0.2, -0.15) is 5.26 Å². The maximum Gasteiger partial charge on any atom is 0.331 e. The largest absolute Gasteiger partial charge is 0.493 e. The number of aromatic nitrogens is 2. The van der Waals surface area contributed by atoms with E-state index >= 15 is 0 Å². The molecule has 136 valence electrons. The summed E-state index contributed by atoms with van der Waals surface area (Å²) in [7, 11) is 1.51. The SMILES string of the molecule is COc1cc(/C=C/C(=O)OCc2cn3ccccc3n2)ccc1OCC#N. The molecule has 7 heteroatoms. The topological polar surface area (TPSA) is 85.8 Å². The number of esters is 1. The van der Waals surface area contributed by atoms with Crippen LogP contribution in [0.15, 0.2) is 54.9 Å². The molecule has 0 bridgehead atoms. The van der Waals surface area contributed by atoms with Gasteiger partial charge < -0.3 is 18.6 Å². The fraction of sp³-hybridized carbons (Fsp3) is 0.150. The molecule has 0 aliphatic rings. The second kappa shape index (κ2) is 8.54. The van der Waals surface area contributed by atoms with E-state index in [4.69, 9.17) is 19.5 Å². The first kappa shape index (κ1) is 18.0. The monoisotopic (exact) mass is 363 g/mol. The number of imidazole rings is 1. The van der Waals surface area contributed by atoms with Crippen molar-refractivity contribution in [3.8, 4) is 17.6 Å². The van der Waals surface area contributed by atoms with E-state index in [0.29, 0.717) is 17.2 Å². The van der Waals surface area contributed by atoms with Crippen molar-refractivity contribution in [2.75, 3.05) is 13.7 Å². The Balaban J connectivity index is 1.59. The number of benzene rings is 1. The first-order valence-corrected chi connectivity index (χ1v) is 8.15. The van der Waals surface area contributed by atoms with Crippen molar-refractivity contribution in [1.82, 2.24) is 9.38 Å². The minimum atomic E-state index is -0.476. The molecule has 0 amide bonds. The number of pyridine rings is 1. The average Bonchev–Trinajstić information content (AvgIpc) is 3.12. The zero-order valence-corrected chi connectivity index (χ0v) is 14.7. The highest BCUT2D eigenvalue weighted by Crippen LogP contribution is 2.28. The first-order valence-electron chi connectivity index (χ1n) is 8.15. The van der Waals surface area contributed by atoms with Gasteiger partial charge in [-0.25, -0.2) is 9.78 Å². The fourth-order valence-corrected chi connectivity index (χ4v) is 2.43. The van der Waals surface area contributed by atoms with E-state index in [-0.39, 0.29) is 13.2 Å². The van der Waals surface area contributed by atoms with Gasteiger partial charge in [0.05, 0.1) is 12.8 Å². The molecule has 3 rings (SSSR count). The summed E-state index contributed by atoms with van der Waals surface area (Å²) in [5.41, 5.74) is 2.20. The van der Waals surface area contributed by atoms with Gasteiger partial charge in [0.2, 0.25) is 0 Å². The number of hydrogen-bond acceptors (Lipinski definition) is 6. The lowest BCUT2D eigenvalue weighted by molar-refractivity contribution is -0.139. The summed E-state index contributed by atoms with van der Waals surface area (Å²) in [4.78, 5) is 16.3. The highest BCUT2D eigenvalue weighted by Gasteiger charge is 2.06. The molecule has 0 radical (unpaired) electrons. The van der Waals surface area contributed by atoms with E-state index in [9.17, 15) is 4.79 Å². The molecule has 0 unspecified atom stereocenters. The lowest BCUT2D eigenvalue weighted by Crippen LogP contribution is -2.01. The second-order valence-electron chi connectivity index (χ2n) is 5.50. The number of ether oxygens (including phenoxy) is 3. The van der Waals surface area contributed by atoms with Gasteiger partial charge in [-0.3, -0.25) is 0 Å². The standard InChI is InChI=1S/C20H17N3O4/c1-25-18-12-15(5-7-17(18)26-11-9-21)6-8-20(24)27-14-16-13-23-10-3-2-4-19(23)22-16/h2-8,10,12-13H,11,14H2,1H3/b8-6+. The van der Waals surface area contributed by atoms with Crippen LogP contribution in [-0.4, -0.2) is 29.1 Å². The predicted octanol–water partition coefficient (Wildman–Crippen LogP) is 3.00. The van der Waals surface area contributed by atoms with Crippen LogP contribution < -0.4 is 9.47 Å². The quantitative estimate of drug-likeness (QED) is 0.474. The zero-order valence-electron chi connectivity index (χ0n) is 14.7. The lowest BCUT2D eigenvalue weighted by atomic mass is 10.2. The van der Waals surface area contributed by atoms with Crippen molar-refractivity contribution >= 4 is 17.7 Å².